The molecule has 0 radical (unpaired) electrons. The lowest BCUT2D eigenvalue weighted by Gasteiger charge is -2.14. The number of benzene rings is 5. The Morgan fingerprint density at radius 2 is 1.18 bits per heavy atom. The number of hydrogen-bond acceptors (Lipinski definition) is 7. The Morgan fingerprint density at radius 1 is 0.607 bits per heavy atom. The van der Waals surface area contributed by atoms with E-state index in [0.717, 1.165) is 43.4 Å². The molecule has 5 aromatic carbocycles. The van der Waals surface area contributed by atoms with Gasteiger partial charge in [-0.1, -0.05) is 141 Å². The van der Waals surface area contributed by atoms with Gasteiger partial charge in [0.1, 0.15) is 24.5 Å². The van der Waals surface area contributed by atoms with Crippen LogP contribution in [0, 0.1) is 11.8 Å². The van der Waals surface area contributed by atoms with Crippen molar-refractivity contribution in [2.45, 2.75) is 77.6 Å². The van der Waals surface area contributed by atoms with Crippen LogP contribution in [0.2, 0.25) is 0 Å². The summed E-state index contributed by atoms with van der Waals surface area (Å²) in [6, 6.07) is 38.5. The zero-order valence-corrected chi connectivity index (χ0v) is 32.1. The molecule has 0 aliphatic rings. The molecule has 0 fully saturated rings. The molecule has 6 rings (SSSR count). The van der Waals surface area contributed by atoms with Gasteiger partial charge in [0.05, 0.1) is 24.7 Å². The fourth-order valence-corrected chi connectivity index (χ4v) is 6.42. The molecule has 56 heavy (non-hydrogen) atoms. The van der Waals surface area contributed by atoms with Gasteiger partial charge in [-0.3, -0.25) is 4.79 Å². The third kappa shape index (κ3) is 11.5. The first-order valence-corrected chi connectivity index (χ1v) is 19.6. The van der Waals surface area contributed by atoms with Crippen molar-refractivity contribution in [3.8, 4) is 46.2 Å². The zero-order valence-electron chi connectivity index (χ0n) is 32.1. The molecule has 0 spiro atoms. The number of rotatable bonds is 20. The smallest absolute Gasteiger partial charge is 0.235 e. The number of aromatic hydroxyl groups is 1. The van der Waals surface area contributed by atoms with Gasteiger partial charge in [0, 0.05) is 24.7 Å². The summed E-state index contributed by atoms with van der Waals surface area (Å²) < 4.78 is 29.9. The number of fused-ring (bicyclic) bond motifs is 1. The summed E-state index contributed by atoms with van der Waals surface area (Å²) in [5.41, 5.74) is 3.99. The van der Waals surface area contributed by atoms with Gasteiger partial charge in [0.2, 0.25) is 11.2 Å². The first-order chi connectivity index (χ1) is 27.6. The number of hydrogen-bond donors (Lipinski definition) is 1. The molecule has 7 nitrogen and oxygen atoms in total. The average molecular weight is 751 g/mol. The number of ether oxygens (including phenoxy) is 4. The van der Waals surface area contributed by atoms with Gasteiger partial charge < -0.3 is 28.5 Å². The number of unbranched alkanes of at least 4 members (excludes halogenated alkanes) is 8. The number of methoxy groups -OCH3 is 1. The highest BCUT2D eigenvalue weighted by Gasteiger charge is 2.19. The van der Waals surface area contributed by atoms with Gasteiger partial charge in [-0.15, -0.1) is 0 Å². The van der Waals surface area contributed by atoms with Crippen molar-refractivity contribution < 1.29 is 28.5 Å². The second-order valence-electron chi connectivity index (χ2n) is 13.8. The van der Waals surface area contributed by atoms with Crippen LogP contribution < -0.4 is 19.6 Å². The summed E-state index contributed by atoms with van der Waals surface area (Å²) in [5, 5.41) is 11.4. The van der Waals surface area contributed by atoms with Crippen LogP contribution in [0.5, 0.6) is 23.0 Å². The van der Waals surface area contributed by atoms with Crippen molar-refractivity contribution >= 4 is 11.0 Å². The Morgan fingerprint density at radius 3 is 1.80 bits per heavy atom. The summed E-state index contributed by atoms with van der Waals surface area (Å²) in [4.78, 5) is 13.6. The van der Waals surface area contributed by atoms with Crippen molar-refractivity contribution in [1.29, 1.82) is 0 Å². The summed E-state index contributed by atoms with van der Waals surface area (Å²) >= 11 is 0. The lowest BCUT2D eigenvalue weighted by Crippen LogP contribution is -2.05. The van der Waals surface area contributed by atoms with Crippen LogP contribution in [0.4, 0.5) is 0 Å². The van der Waals surface area contributed by atoms with E-state index in [1.807, 2.05) is 78.9 Å². The Labute approximate surface area is 329 Å². The predicted molar refractivity (Wildman–Crippen MR) is 222 cm³/mol. The molecule has 1 N–H and O–H groups in total. The van der Waals surface area contributed by atoms with Crippen LogP contribution in [0.15, 0.2) is 131 Å². The fourth-order valence-electron chi connectivity index (χ4n) is 6.42. The average Bonchev–Trinajstić information content (AvgIpc) is 3.24. The second-order valence-corrected chi connectivity index (χ2v) is 13.8. The molecule has 0 bridgehead atoms. The maximum Gasteiger partial charge on any atom is 0.235 e. The Balaban J connectivity index is 1.07. The molecule has 0 atom stereocenters. The molecule has 0 amide bonds. The largest absolute Gasteiger partial charge is 0.502 e. The monoisotopic (exact) mass is 750 g/mol. The van der Waals surface area contributed by atoms with Gasteiger partial charge in [0.25, 0.3) is 0 Å². The second kappa shape index (κ2) is 21.2. The molecule has 1 aromatic heterocycles. The molecule has 0 aliphatic heterocycles. The van der Waals surface area contributed by atoms with E-state index in [2.05, 4.69) is 24.0 Å². The third-order valence-corrected chi connectivity index (χ3v) is 9.54. The normalized spacial score (nSPS) is 10.9. The lowest BCUT2D eigenvalue weighted by atomic mass is 10.1. The lowest BCUT2D eigenvalue weighted by molar-refractivity contribution is 0.116. The van der Waals surface area contributed by atoms with Crippen LogP contribution >= 0.6 is 0 Å². The molecule has 6 aromatic rings. The minimum Gasteiger partial charge on any atom is -0.502 e. The van der Waals surface area contributed by atoms with Crippen LogP contribution in [0.1, 0.15) is 80.0 Å². The summed E-state index contributed by atoms with van der Waals surface area (Å²) in [6.07, 6.45) is 10.0. The van der Waals surface area contributed by atoms with E-state index in [-0.39, 0.29) is 16.7 Å². The van der Waals surface area contributed by atoms with Crippen molar-refractivity contribution in [3.05, 3.63) is 154 Å². The summed E-state index contributed by atoms with van der Waals surface area (Å²) in [5.74, 6) is 7.53. The SMILES string of the molecule is COc1cc(-c2oc3cc(OCc4ccccc4)c(C#CCCCCCCCCCCOCc4ccccc4)cc3c(=O)c2O)ccc1OCc1ccccc1. The van der Waals surface area contributed by atoms with Crippen LogP contribution in [0.3, 0.4) is 0 Å². The van der Waals surface area contributed by atoms with E-state index in [4.69, 9.17) is 23.4 Å². The maximum absolute atomic E-state index is 13.6. The first-order valence-electron chi connectivity index (χ1n) is 19.6. The molecular weight excluding hydrogens is 701 g/mol. The van der Waals surface area contributed by atoms with E-state index in [1.165, 1.54) is 44.8 Å². The van der Waals surface area contributed by atoms with Crippen molar-refractivity contribution in [3.63, 3.8) is 0 Å². The van der Waals surface area contributed by atoms with E-state index in [1.54, 1.807) is 30.3 Å². The molecule has 0 saturated carbocycles. The van der Waals surface area contributed by atoms with E-state index in [0.29, 0.717) is 48.2 Å². The highest BCUT2D eigenvalue weighted by molar-refractivity contribution is 5.85. The molecule has 7 heteroatoms. The van der Waals surface area contributed by atoms with Gasteiger partial charge in [-0.2, -0.15) is 0 Å². The fraction of sp³-hybridized carbons (Fsp3) is 0.286. The summed E-state index contributed by atoms with van der Waals surface area (Å²) in [6.45, 7) is 2.18. The Kier molecular flexibility index (Phi) is 15.0. The molecular formula is C49H50O7. The first kappa shape index (κ1) is 39.7. The highest BCUT2D eigenvalue weighted by Crippen LogP contribution is 2.38. The predicted octanol–water partition coefficient (Wildman–Crippen LogP) is 11.4. The molecule has 0 saturated heterocycles. The van der Waals surface area contributed by atoms with Crippen LogP contribution in [-0.2, 0) is 24.6 Å². The van der Waals surface area contributed by atoms with E-state index < -0.39 is 11.2 Å². The molecule has 0 unspecified atom stereocenters. The minimum absolute atomic E-state index is 0.0242. The molecule has 0 aliphatic carbocycles. The Hall–Kier alpha value is -5.97. The van der Waals surface area contributed by atoms with Gasteiger partial charge in [-0.05, 0) is 53.8 Å². The Bertz CT molecular complexity index is 2240. The third-order valence-electron chi connectivity index (χ3n) is 9.54. The van der Waals surface area contributed by atoms with Crippen molar-refractivity contribution in [2.75, 3.05) is 13.7 Å². The van der Waals surface area contributed by atoms with Gasteiger partial charge in [-0.25, -0.2) is 0 Å². The molecule has 288 valence electrons. The van der Waals surface area contributed by atoms with E-state index >= 15 is 0 Å². The topological polar surface area (TPSA) is 87.4 Å². The summed E-state index contributed by atoms with van der Waals surface area (Å²) in [7, 11) is 1.54. The van der Waals surface area contributed by atoms with Gasteiger partial charge >= 0.3 is 0 Å². The zero-order chi connectivity index (χ0) is 38.8. The van der Waals surface area contributed by atoms with Gasteiger partial charge in [0.15, 0.2) is 17.3 Å². The van der Waals surface area contributed by atoms with E-state index in [9.17, 15) is 9.90 Å². The van der Waals surface area contributed by atoms with Crippen LogP contribution in [0.25, 0.3) is 22.3 Å². The minimum atomic E-state index is -0.554. The van der Waals surface area contributed by atoms with Crippen molar-refractivity contribution in [1.82, 2.24) is 0 Å². The standard InChI is InChI=1S/C49H50O7/c1-52-46-32-41(28-29-43(46)54-35-38-23-15-11-16-24-38)49-48(51)47(50)42-31-40(44(33-45(42)56-49)55-36-39-25-17-12-18-26-39)27-19-8-6-4-2-3-5-7-9-20-30-53-34-37-21-13-10-14-22-37/h10-18,21-26,28-29,31-33,51H,2-9,20,30,34-36H2,1H3. The molecule has 1 heterocycles. The van der Waals surface area contributed by atoms with Crippen LogP contribution in [-0.4, -0.2) is 18.8 Å². The van der Waals surface area contributed by atoms with Crippen molar-refractivity contribution in [2.24, 2.45) is 0 Å². The highest BCUT2D eigenvalue weighted by atomic mass is 16.5. The maximum atomic E-state index is 13.6. The quantitative estimate of drug-likeness (QED) is 0.0614.